The Hall–Kier alpha value is -2.25. The van der Waals surface area contributed by atoms with Crippen LogP contribution in [0.3, 0.4) is 0 Å². The standard InChI is InChI=1S/C19H21Cl2N3O4/c1-13-12-16(28-22-13)19(26)24-9-7-23(8-10-24)17(25)6-3-11-27-15-5-2-4-14(20)18(15)21/h2,4-5,12H,3,6-11H2,1H3. The maximum absolute atomic E-state index is 12.4. The maximum atomic E-state index is 12.4. The van der Waals surface area contributed by atoms with Gasteiger partial charge >= 0.3 is 0 Å². The van der Waals surface area contributed by atoms with Gasteiger partial charge in [-0.05, 0) is 25.5 Å². The molecule has 0 radical (unpaired) electrons. The molecule has 1 saturated heterocycles. The maximum Gasteiger partial charge on any atom is 0.292 e. The normalized spacial score (nSPS) is 14.2. The van der Waals surface area contributed by atoms with E-state index in [2.05, 4.69) is 5.16 Å². The van der Waals surface area contributed by atoms with Crippen LogP contribution in [-0.4, -0.2) is 59.6 Å². The molecule has 0 N–H and O–H groups in total. The summed E-state index contributed by atoms with van der Waals surface area (Å²) in [5.41, 5.74) is 0.665. The lowest BCUT2D eigenvalue weighted by Gasteiger charge is -2.34. The Labute approximate surface area is 173 Å². The number of aryl methyl sites for hydroxylation is 1. The lowest BCUT2D eigenvalue weighted by atomic mass is 10.2. The Balaban J connectivity index is 1.39. The summed E-state index contributed by atoms with van der Waals surface area (Å²) in [5, 5.41) is 4.54. The Bertz CT molecular complexity index is 847. The highest BCUT2D eigenvalue weighted by Gasteiger charge is 2.26. The summed E-state index contributed by atoms with van der Waals surface area (Å²) in [5.74, 6) is 0.591. The highest BCUT2D eigenvalue weighted by atomic mass is 35.5. The van der Waals surface area contributed by atoms with E-state index in [0.717, 1.165) is 0 Å². The molecule has 9 heteroatoms. The fraction of sp³-hybridized carbons (Fsp3) is 0.421. The second-order valence-electron chi connectivity index (χ2n) is 6.51. The molecule has 28 heavy (non-hydrogen) atoms. The number of rotatable bonds is 6. The van der Waals surface area contributed by atoms with Crippen molar-refractivity contribution in [3.8, 4) is 5.75 Å². The number of halogens is 2. The number of piperazine rings is 1. The summed E-state index contributed by atoms with van der Waals surface area (Å²) in [6, 6.07) is 6.80. The van der Waals surface area contributed by atoms with Crippen molar-refractivity contribution in [3.05, 3.63) is 45.8 Å². The molecule has 1 fully saturated rings. The first-order chi connectivity index (χ1) is 13.5. The quantitative estimate of drug-likeness (QED) is 0.662. The zero-order valence-corrected chi connectivity index (χ0v) is 17.0. The van der Waals surface area contributed by atoms with Crippen molar-refractivity contribution >= 4 is 35.0 Å². The summed E-state index contributed by atoms with van der Waals surface area (Å²) in [4.78, 5) is 28.2. The Morgan fingerprint density at radius 1 is 1.18 bits per heavy atom. The number of benzene rings is 1. The van der Waals surface area contributed by atoms with E-state index < -0.39 is 0 Å². The Morgan fingerprint density at radius 3 is 2.57 bits per heavy atom. The number of aromatic nitrogens is 1. The van der Waals surface area contributed by atoms with E-state index in [1.165, 1.54) is 0 Å². The molecule has 0 atom stereocenters. The van der Waals surface area contributed by atoms with Gasteiger partial charge in [-0.15, -0.1) is 0 Å². The zero-order valence-electron chi connectivity index (χ0n) is 15.5. The van der Waals surface area contributed by atoms with Crippen LogP contribution in [0.5, 0.6) is 5.75 Å². The first-order valence-corrected chi connectivity index (χ1v) is 9.78. The van der Waals surface area contributed by atoms with Crippen LogP contribution in [0.15, 0.2) is 28.8 Å². The van der Waals surface area contributed by atoms with Crippen LogP contribution in [0, 0.1) is 6.92 Å². The van der Waals surface area contributed by atoms with E-state index in [9.17, 15) is 9.59 Å². The second-order valence-corrected chi connectivity index (χ2v) is 7.29. The summed E-state index contributed by atoms with van der Waals surface area (Å²) >= 11 is 12.0. The van der Waals surface area contributed by atoms with Gasteiger partial charge in [0.05, 0.1) is 17.3 Å². The molecule has 2 heterocycles. The van der Waals surface area contributed by atoms with E-state index >= 15 is 0 Å². The van der Waals surface area contributed by atoms with Crippen molar-refractivity contribution < 1.29 is 18.8 Å². The fourth-order valence-corrected chi connectivity index (χ4v) is 3.28. The topological polar surface area (TPSA) is 75.9 Å². The molecule has 3 rings (SSSR count). The van der Waals surface area contributed by atoms with Crippen LogP contribution >= 0.6 is 23.2 Å². The van der Waals surface area contributed by atoms with Crippen molar-refractivity contribution in [2.24, 2.45) is 0 Å². The number of carbonyl (C=O) groups excluding carboxylic acids is 2. The smallest absolute Gasteiger partial charge is 0.292 e. The minimum absolute atomic E-state index is 0.0448. The molecule has 0 aliphatic carbocycles. The highest BCUT2D eigenvalue weighted by Crippen LogP contribution is 2.31. The summed E-state index contributed by atoms with van der Waals surface area (Å²) in [7, 11) is 0. The molecular weight excluding hydrogens is 405 g/mol. The van der Waals surface area contributed by atoms with Gasteiger partial charge in [-0.25, -0.2) is 0 Å². The molecule has 150 valence electrons. The van der Waals surface area contributed by atoms with Crippen LogP contribution in [0.1, 0.15) is 29.1 Å². The summed E-state index contributed by atoms with van der Waals surface area (Å²) in [6.07, 6.45) is 0.936. The van der Waals surface area contributed by atoms with E-state index in [1.54, 1.807) is 41.0 Å². The lowest BCUT2D eigenvalue weighted by molar-refractivity contribution is -0.132. The average Bonchev–Trinajstić information content (AvgIpc) is 3.14. The van der Waals surface area contributed by atoms with Gasteiger partial charge in [0, 0.05) is 38.7 Å². The van der Waals surface area contributed by atoms with E-state index in [-0.39, 0.29) is 17.6 Å². The van der Waals surface area contributed by atoms with Gasteiger partial charge < -0.3 is 19.1 Å². The molecule has 0 saturated carbocycles. The SMILES string of the molecule is Cc1cc(C(=O)N2CCN(C(=O)CCCOc3cccc(Cl)c3Cl)CC2)on1. The number of carbonyl (C=O) groups is 2. The third-order valence-corrected chi connectivity index (χ3v) is 5.27. The predicted octanol–water partition coefficient (Wildman–Crippen LogP) is 3.43. The van der Waals surface area contributed by atoms with Crippen LogP contribution < -0.4 is 4.74 Å². The number of nitrogens with zero attached hydrogens (tertiary/aromatic N) is 3. The van der Waals surface area contributed by atoms with Crippen molar-refractivity contribution in [2.45, 2.75) is 19.8 Å². The van der Waals surface area contributed by atoms with Gasteiger partial charge in [-0.1, -0.05) is 34.4 Å². The molecule has 1 aliphatic heterocycles. The third kappa shape index (κ3) is 4.97. The largest absolute Gasteiger partial charge is 0.492 e. The molecule has 0 spiro atoms. The number of amides is 2. The lowest BCUT2D eigenvalue weighted by Crippen LogP contribution is -2.50. The minimum Gasteiger partial charge on any atom is -0.492 e. The van der Waals surface area contributed by atoms with E-state index in [4.69, 9.17) is 32.5 Å². The van der Waals surface area contributed by atoms with Crippen LogP contribution in [0.25, 0.3) is 0 Å². The number of hydrogen-bond acceptors (Lipinski definition) is 5. The molecule has 2 aromatic rings. The average molecular weight is 426 g/mol. The van der Waals surface area contributed by atoms with Crippen molar-refractivity contribution in [1.82, 2.24) is 15.0 Å². The van der Waals surface area contributed by atoms with Crippen molar-refractivity contribution in [2.75, 3.05) is 32.8 Å². The molecule has 1 aromatic carbocycles. The molecule has 0 unspecified atom stereocenters. The Morgan fingerprint density at radius 2 is 1.89 bits per heavy atom. The number of hydrogen-bond donors (Lipinski definition) is 0. The predicted molar refractivity (Wildman–Crippen MR) is 105 cm³/mol. The van der Waals surface area contributed by atoms with Gasteiger partial charge in [0.2, 0.25) is 11.7 Å². The molecule has 2 amide bonds. The second kappa shape index (κ2) is 9.30. The van der Waals surface area contributed by atoms with Gasteiger partial charge in [0.15, 0.2) is 0 Å². The van der Waals surface area contributed by atoms with Crippen LogP contribution in [-0.2, 0) is 4.79 Å². The van der Waals surface area contributed by atoms with Crippen LogP contribution in [0.2, 0.25) is 10.0 Å². The fourth-order valence-electron chi connectivity index (χ4n) is 2.94. The summed E-state index contributed by atoms with van der Waals surface area (Å²) < 4.78 is 10.6. The van der Waals surface area contributed by atoms with Gasteiger partial charge in [0.25, 0.3) is 5.91 Å². The van der Waals surface area contributed by atoms with E-state index in [1.807, 2.05) is 0 Å². The first kappa shape index (κ1) is 20.5. The van der Waals surface area contributed by atoms with Gasteiger partial charge in [0.1, 0.15) is 10.8 Å². The van der Waals surface area contributed by atoms with Crippen LogP contribution in [0.4, 0.5) is 0 Å². The summed E-state index contributed by atoms with van der Waals surface area (Å²) in [6.45, 7) is 4.07. The zero-order chi connectivity index (χ0) is 20.1. The molecule has 1 aromatic heterocycles. The molecule has 0 bridgehead atoms. The Kier molecular flexibility index (Phi) is 6.80. The molecular formula is C19H21Cl2N3O4. The minimum atomic E-state index is -0.195. The van der Waals surface area contributed by atoms with Crippen molar-refractivity contribution in [3.63, 3.8) is 0 Å². The highest BCUT2D eigenvalue weighted by molar-refractivity contribution is 6.42. The third-order valence-electron chi connectivity index (χ3n) is 4.47. The number of ether oxygens (including phenoxy) is 1. The van der Waals surface area contributed by atoms with Gasteiger partial charge in [-0.3, -0.25) is 9.59 Å². The molecule has 7 nitrogen and oxygen atoms in total. The van der Waals surface area contributed by atoms with E-state index in [0.29, 0.717) is 67.1 Å². The molecule has 1 aliphatic rings. The van der Waals surface area contributed by atoms with Gasteiger partial charge in [-0.2, -0.15) is 0 Å². The first-order valence-electron chi connectivity index (χ1n) is 9.03. The van der Waals surface area contributed by atoms with Crippen molar-refractivity contribution in [1.29, 1.82) is 0 Å². The monoisotopic (exact) mass is 425 g/mol.